The van der Waals surface area contributed by atoms with Gasteiger partial charge < -0.3 is 19.0 Å². The Morgan fingerprint density at radius 2 is 1.55 bits per heavy atom. The first-order valence-electron chi connectivity index (χ1n) is 11.3. The second-order valence-corrected chi connectivity index (χ2v) is 13.9. The molecule has 0 aromatic heterocycles. The lowest BCUT2D eigenvalue weighted by Crippen LogP contribution is -2.67. The van der Waals surface area contributed by atoms with Crippen LogP contribution in [0.5, 0.6) is 0 Å². The summed E-state index contributed by atoms with van der Waals surface area (Å²) in [6.07, 6.45) is -3.19. The van der Waals surface area contributed by atoms with Crippen LogP contribution in [0, 0.1) is 0 Å². The van der Waals surface area contributed by atoms with Gasteiger partial charge in [-0.25, -0.2) is 0 Å². The van der Waals surface area contributed by atoms with Gasteiger partial charge in [0.25, 0.3) is 8.32 Å². The number of aliphatic hydroxyl groups is 1. The molecule has 3 rings (SSSR count). The molecule has 0 radical (unpaired) electrons. The second kappa shape index (κ2) is 10.4. The zero-order valence-electron chi connectivity index (χ0n) is 20.0. The summed E-state index contributed by atoms with van der Waals surface area (Å²) < 4.78 is 18.1. The van der Waals surface area contributed by atoms with E-state index in [4.69, 9.17) is 13.9 Å². The summed E-state index contributed by atoms with van der Waals surface area (Å²) in [7, 11) is -1.39. The highest BCUT2D eigenvalue weighted by molar-refractivity contribution is 6.99. The Morgan fingerprint density at radius 1 is 1.03 bits per heavy atom. The topological polar surface area (TPSA) is 82.1 Å². The Hall–Kier alpha value is -2.16. The van der Waals surface area contributed by atoms with Crippen LogP contribution in [0.3, 0.4) is 0 Å². The number of hydrogen-bond donors (Lipinski definition) is 1. The Bertz CT molecular complexity index is 901. The van der Waals surface area contributed by atoms with Crippen LogP contribution in [0.15, 0.2) is 60.7 Å². The van der Waals surface area contributed by atoms with Gasteiger partial charge in [0.15, 0.2) is 11.9 Å². The largest absolute Gasteiger partial charge is 0.405 e. The number of carbonyl (C=O) groups is 2. The predicted octanol–water partition coefficient (Wildman–Crippen LogP) is 2.25. The van der Waals surface area contributed by atoms with Crippen LogP contribution in [0.25, 0.3) is 0 Å². The molecule has 0 bridgehead atoms. The molecule has 1 N–H and O–H groups in total. The summed E-state index contributed by atoms with van der Waals surface area (Å²) in [5, 5.41) is 12.8. The summed E-state index contributed by atoms with van der Waals surface area (Å²) in [6.45, 7) is 7.81. The van der Waals surface area contributed by atoms with Gasteiger partial charge in [-0.15, -0.1) is 0 Å². The molecule has 1 fully saturated rings. The van der Waals surface area contributed by atoms with Gasteiger partial charge in [0.2, 0.25) is 5.78 Å². The third-order valence-electron chi connectivity index (χ3n) is 6.35. The minimum atomic E-state index is -2.83. The van der Waals surface area contributed by atoms with Gasteiger partial charge in [0.1, 0.15) is 6.10 Å². The molecule has 0 amide bonds. The molecule has 0 unspecified atom stereocenters. The maximum atomic E-state index is 12.5. The van der Waals surface area contributed by atoms with Crippen molar-refractivity contribution < 1.29 is 28.6 Å². The lowest BCUT2D eigenvalue weighted by Gasteiger charge is -2.45. The average Bonchev–Trinajstić information content (AvgIpc) is 2.80. The lowest BCUT2D eigenvalue weighted by molar-refractivity contribution is -0.190. The molecule has 1 aliphatic rings. The third-order valence-corrected chi connectivity index (χ3v) is 11.4. The number of hydrogen-bond acceptors (Lipinski definition) is 6. The molecular weight excluding hydrogens is 436 g/mol. The molecule has 0 spiro atoms. The molecule has 4 atom stereocenters. The Balaban J connectivity index is 1.97. The Morgan fingerprint density at radius 3 is 1.97 bits per heavy atom. The number of ketones is 2. The molecule has 0 aliphatic carbocycles. The van der Waals surface area contributed by atoms with Gasteiger partial charge in [-0.05, 0) is 15.4 Å². The molecule has 1 aliphatic heterocycles. The quantitative estimate of drug-likeness (QED) is 0.471. The molecule has 178 valence electrons. The molecule has 33 heavy (non-hydrogen) atoms. The standard InChI is InChI=1S/C26H34O6Si/c1-18(27)24(29)25-22(30-5)16-21(28)23(32-25)17-31-33(26(2,3)4,19-12-8-6-9-13-19)20-14-10-7-11-15-20/h6-15,21-23,25,28H,16-17H2,1-5H3/t21-,22+,23+,25-/m0/s1. The summed E-state index contributed by atoms with van der Waals surface area (Å²) in [5.74, 6) is -1.24. The normalized spacial score (nSPS) is 23.8. The van der Waals surface area contributed by atoms with E-state index in [1.807, 2.05) is 36.4 Å². The van der Waals surface area contributed by atoms with Crippen molar-refractivity contribution in [2.24, 2.45) is 0 Å². The molecular formula is C26H34O6Si. The van der Waals surface area contributed by atoms with Crippen molar-refractivity contribution in [1.29, 1.82) is 0 Å². The number of ether oxygens (including phenoxy) is 2. The molecule has 2 aromatic rings. The second-order valence-electron chi connectivity index (χ2n) is 9.57. The molecule has 0 saturated carbocycles. The van der Waals surface area contributed by atoms with Crippen LogP contribution >= 0.6 is 0 Å². The summed E-state index contributed by atoms with van der Waals surface area (Å²) in [4.78, 5) is 24.2. The molecule has 2 aromatic carbocycles. The third kappa shape index (κ3) is 5.18. The first-order valence-corrected chi connectivity index (χ1v) is 13.2. The molecule has 1 saturated heterocycles. The fourth-order valence-electron chi connectivity index (χ4n) is 4.65. The van der Waals surface area contributed by atoms with Crippen molar-refractivity contribution in [3.05, 3.63) is 60.7 Å². The maximum absolute atomic E-state index is 12.5. The van der Waals surface area contributed by atoms with Crippen molar-refractivity contribution in [3.63, 3.8) is 0 Å². The highest BCUT2D eigenvalue weighted by atomic mass is 28.4. The number of carbonyl (C=O) groups excluding carboxylic acids is 2. The van der Waals surface area contributed by atoms with Crippen molar-refractivity contribution in [3.8, 4) is 0 Å². The first-order chi connectivity index (χ1) is 15.6. The van der Waals surface area contributed by atoms with E-state index in [2.05, 4.69) is 45.0 Å². The smallest absolute Gasteiger partial charge is 0.261 e. The van der Waals surface area contributed by atoms with Gasteiger partial charge in [-0.1, -0.05) is 81.4 Å². The number of Topliss-reactive ketones (excluding diaryl/α,β-unsaturated/α-hetero) is 2. The van der Waals surface area contributed by atoms with Crippen LogP contribution < -0.4 is 10.4 Å². The SMILES string of the molecule is CO[C@@H]1C[C@H](O)[C@@H](CO[Si](c2ccccc2)(c2ccccc2)C(C)(C)C)O[C@@H]1C(=O)C(C)=O. The van der Waals surface area contributed by atoms with E-state index in [1.54, 1.807) is 0 Å². The minimum Gasteiger partial charge on any atom is -0.405 e. The van der Waals surface area contributed by atoms with E-state index in [0.29, 0.717) is 0 Å². The highest BCUT2D eigenvalue weighted by Gasteiger charge is 2.51. The van der Waals surface area contributed by atoms with E-state index in [-0.39, 0.29) is 18.1 Å². The Labute approximate surface area is 197 Å². The van der Waals surface area contributed by atoms with E-state index in [9.17, 15) is 14.7 Å². The summed E-state index contributed by atoms with van der Waals surface area (Å²) in [6, 6.07) is 20.3. The number of rotatable bonds is 8. The molecule has 7 heteroatoms. The van der Waals surface area contributed by atoms with E-state index < -0.39 is 44.3 Å². The average molecular weight is 471 g/mol. The van der Waals surface area contributed by atoms with Crippen molar-refractivity contribution in [2.75, 3.05) is 13.7 Å². The van der Waals surface area contributed by atoms with E-state index in [1.165, 1.54) is 14.0 Å². The van der Waals surface area contributed by atoms with E-state index in [0.717, 1.165) is 10.4 Å². The van der Waals surface area contributed by atoms with E-state index >= 15 is 0 Å². The fraction of sp³-hybridized carbons (Fsp3) is 0.462. The fourth-order valence-corrected chi connectivity index (χ4v) is 9.22. The monoisotopic (exact) mass is 470 g/mol. The van der Waals surface area contributed by atoms with Gasteiger partial charge in [0.05, 0.1) is 18.8 Å². The summed E-state index contributed by atoms with van der Waals surface area (Å²) >= 11 is 0. The predicted molar refractivity (Wildman–Crippen MR) is 129 cm³/mol. The van der Waals surface area contributed by atoms with Gasteiger partial charge >= 0.3 is 0 Å². The molecule has 6 nitrogen and oxygen atoms in total. The highest BCUT2D eigenvalue weighted by Crippen LogP contribution is 2.37. The van der Waals surface area contributed by atoms with Crippen LogP contribution in [0.4, 0.5) is 0 Å². The molecule has 1 heterocycles. The van der Waals surface area contributed by atoms with Crippen molar-refractivity contribution in [1.82, 2.24) is 0 Å². The van der Waals surface area contributed by atoms with Crippen molar-refractivity contribution >= 4 is 30.3 Å². The first kappa shape index (κ1) is 25.5. The zero-order chi connectivity index (χ0) is 24.2. The van der Waals surface area contributed by atoms with Gasteiger partial charge in [-0.3, -0.25) is 9.59 Å². The van der Waals surface area contributed by atoms with Gasteiger partial charge in [-0.2, -0.15) is 0 Å². The minimum absolute atomic E-state index is 0.0898. The Kier molecular flexibility index (Phi) is 8.03. The number of methoxy groups -OCH3 is 1. The number of aliphatic hydroxyl groups excluding tert-OH is 1. The maximum Gasteiger partial charge on any atom is 0.261 e. The van der Waals surface area contributed by atoms with Gasteiger partial charge in [0, 0.05) is 20.5 Å². The summed E-state index contributed by atoms with van der Waals surface area (Å²) in [5.41, 5.74) is 0. The van der Waals surface area contributed by atoms with Crippen LogP contribution in [0.2, 0.25) is 5.04 Å². The van der Waals surface area contributed by atoms with Crippen LogP contribution in [0.1, 0.15) is 34.1 Å². The van der Waals surface area contributed by atoms with Crippen LogP contribution in [-0.4, -0.2) is 63.1 Å². The lowest BCUT2D eigenvalue weighted by atomic mass is 9.95. The van der Waals surface area contributed by atoms with Crippen LogP contribution in [-0.2, 0) is 23.5 Å². The number of benzene rings is 2. The zero-order valence-corrected chi connectivity index (χ0v) is 21.0. The van der Waals surface area contributed by atoms with Crippen molar-refractivity contribution in [2.45, 2.75) is 63.6 Å².